The Morgan fingerprint density at radius 1 is 1.30 bits per heavy atom. The van der Waals surface area contributed by atoms with Gasteiger partial charge in [-0.3, -0.25) is 15.5 Å². The quantitative estimate of drug-likeness (QED) is 0.650. The van der Waals surface area contributed by atoms with Crippen molar-refractivity contribution in [2.75, 3.05) is 13.7 Å². The molecule has 1 saturated heterocycles. The summed E-state index contributed by atoms with van der Waals surface area (Å²) in [6, 6.07) is 7.98. The Hall–Kier alpha value is -2.12. The van der Waals surface area contributed by atoms with Crippen molar-refractivity contribution in [2.24, 2.45) is 16.8 Å². The highest BCUT2D eigenvalue weighted by Crippen LogP contribution is 2.24. The monoisotopic (exact) mass is 317 g/mol. The van der Waals surface area contributed by atoms with Crippen LogP contribution < -0.4 is 26.2 Å². The van der Waals surface area contributed by atoms with Crippen molar-refractivity contribution in [2.45, 2.75) is 26.1 Å². The summed E-state index contributed by atoms with van der Waals surface area (Å²) in [5.41, 5.74) is 7.12. The molecule has 0 spiro atoms. The molecule has 2 aliphatic heterocycles. The van der Waals surface area contributed by atoms with Crippen molar-refractivity contribution >= 4 is 11.9 Å². The van der Waals surface area contributed by atoms with Crippen LogP contribution in [0.25, 0.3) is 0 Å². The molecular formula is C16H23N5O2. The summed E-state index contributed by atoms with van der Waals surface area (Å²) in [7, 11) is 1.65. The molecule has 0 aliphatic carbocycles. The fourth-order valence-electron chi connectivity index (χ4n) is 2.89. The highest BCUT2D eigenvalue weighted by molar-refractivity contribution is 6.00. The van der Waals surface area contributed by atoms with Crippen LogP contribution in [-0.4, -0.2) is 31.7 Å². The number of carbonyl (C=O) groups is 1. The van der Waals surface area contributed by atoms with Gasteiger partial charge in [-0.25, -0.2) is 10.4 Å². The number of nitrogens with one attached hydrogen (secondary N) is 4. The van der Waals surface area contributed by atoms with Gasteiger partial charge in [-0.15, -0.1) is 0 Å². The lowest BCUT2D eigenvalue weighted by atomic mass is 9.96. The molecule has 23 heavy (non-hydrogen) atoms. The van der Waals surface area contributed by atoms with Crippen LogP contribution in [0.3, 0.4) is 0 Å². The van der Waals surface area contributed by atoms with Crippen LogP contribution in [0, 0.1) is 11.8 Å². The molecule has 2 heterocycles. The van der Waals surface area contributed by atoms with Gasteiger partial charge < -0.3 is 10.1 Å². The molecule has 7 nitrogen and oxygen atoms in total. The maximum absolute atomic E-state index is 12.1. The molecule has 3 rings (SSSR count). The minimum Gasteiger partial charge on any atom is -0.497 e. The van der Waals surface area contributed by atoms with E-state index in [4.69, 9.17) is 4.74 Å². The summed E-state index contributed by atoms with van der Waals surface area (Å²) in [5, 5.41) is 6.22. The van der Waals surface area contributed by atoms with Gasteiger partial charge in [-0.2, -0.15) is 0 Å². The third-order valence-corrected chi connectivity index (χ3v) is 4.23. The number of hydrogen-bond donors (Lipinski definition) is 4. The van der Waals surface area contributed by atoms with Gasteiger partial charge in [-0.1, -0.05) is 26.0 Å². The number of hydrogen-bond acceptors (Lipinski definition) is 6. The highest BCUT2D eigenvalue weighted by Gasteiger charge is 2.37. The molecule has 0 saturated carbocycles. The van der Waals surface area contributed by atoms with Crippen molar-refractivity contribution in [3.63, 3.8) is 0 Å². The number of fused-ring (bicyclic) bond motifs is 1. The SMILES string of the molecule is COc1ccc(C(NC2=NC3NNCC3C(=O)N2)C(C)C)cc1. The number of nitrogens with zero attached hydrogens (tertiary/aromatic N) is 1. The Morgan fingerprint density at radius 3 is 2.70 bits per heavy atom. The van der Waals surface area contributed by atoms with Crippen molar-refractivity contribution in [3.05, 3.63) is 29.8 Å². The molecule has 0 bridgehead atoms. The fraction of sp³-hybridized carbons (Fsp3) is 0.500. The number of aliphatic imine (C=N–C) groups is 1. The Labute approximate surface area is 135 Å². The molecular weight excluding hydrogens is 294 g/mol. The van der Waals surface area contributed by atoms with E-state index in [0.29, 0.717) is 18.4 Å². The molecule has 124 valence electrons. The fourth-order valence-corrected chi connectivity index (χ4v) is 2.89. The third-order valence-electron chi connectivity index (χ3n) is 4.23. The number of ether oxygens (including phenoxy) is 1. The van der Waals surface area contributed by atoms with Crippen molar-refractivity contribution < 1.29 is 9.53 Å². The Bertz CT molecular complexity index is 599. The minimum atomic E-state index is -0.213. The average Bonchev–Trinajstić information content (AvgIpc) is 3.01. The summed E-state index contributed by atoms with van der Waals surface area (Å²) in [6.45, 7) is 4.86. The summed E-state index contributed by atoms with van der Waals surface area (Å²) in [4.78, 5) is 16.7. The zero-order valence-corrected chi connectivity index (χ0v) is 13.6. The first-order valence-electron chi connectivity index (χ1n) is 7.86. The molecule has 1 fully saturated rings. The second-order valence-corrected chi connectivity index (χ2v) is 6.18. The lowest BCUT2D eigenvalue weighted by molar-refractivity contribution is -0.123. The van der Waals surface area contributed by atoms with E-state index < -0.39 is 0 Å². The summed E-state index contributed by atoms with van der Waals surface area (Å²) < 4.78 is 5.20. The van der Waals surface area contributed by atoms with Crippen LogP contribution in [0.1, 0.15) is 25.5 Å². The molecule has 1 aromatic carbocycles. The summed E-state index contributed by atoms with van der Waals surface area (Å²) >= 11 is 0. The van der Waals surface area contributed by atoms with E-state index in [2.05, 4.69) is 40.3 Å². The molecule has 4 N–H and O–H groups in total. The van der Waals surface area contributed by atoms with Gasteiger partial charge in [-0.05, 0) is 23.6 Å². The van der Waals surface area contributed by atoms with Gasteiger partial charge in [0.15, 0.2) is 5.96 Å². The van der Waals surface area contributed by atoms with Crippen LogP contribution in [0.5, 0.6) is 5.75 Å². The van der Waals surface area contributed by atoms with Gasteiger partial charge in [0.05, 0.1) is 19.1 Å². The number of benzene rings is 1. The van der Waals surface area contributed by atoms with E-state index >= 15 is 0 Å². The van der Waals surface area contributed by atoms with Gasteiger partial charge in [0, 0.05) is 6.54 Å². The second-order valence-electron chi connectivity index (χ2n) is 6.18. The smallest absolute Gasteiger partial charge is 0.234 e. The van der Waals surface area contributed by atoms with E-state index in [1.54, 1.807) is 7.11 Å². The van der Waals surface area contributed by atoms with Crippen LogP contribution in [0.2, 0.25) is 0 Å². The van der Waals surface area contributed by atoms with Gasteiger partial charge in [0.1, 0.15) is 11.9 Å². The van der Waals surface area contributed by atoms with Crippen LogP contribution in [0.15, 0.2) is 29.3 Å². The van der Waals surface area contributed by atoms with E-state index in [9.17, 15) is 4.79 Å². The van der Waals surface area contributed by atoms with E-state index in [-0.39, 0.29) is 24.0 Å². The van der Waals surface area contributed by atoms with E-state index in [1.807, 2.05) is 24.3 Å². The second kappa shape index (κ2) is 6.55. The lowest BCUT2D eigenvalue weighted by Crippen LogP contribution is -2.53. The van der Waals surface area contributed by atoms with Gasteiger partial charge in [0.25, 0.3) is 0 Å². The largest absolute Gasteiger partial charge is 0.497 e. The Balaban J connectivity index is 1.78. The molecule has 1 aromatic rings. The average molecular weight is 317 g/mol. The predicted molar refractivity (Wildman–Crippen MR) is 87.7 cm³/mol. The first-order chi connectivity index (χ1) is 11.1. The van der Waals surface area contributed by atoms with Crippen LogP contribution in [-0.2, 0) is 4.79 Å². The molecule has 0 radical (unpaired) electrons. The maximum Gasteiger partial charge on any atom is 0.234 e. The van der Waals surface area contributed by atoms with Crippen molar-refractivity contribution in [1.82, 2.24) is 21.5 Å². The van der Waals surface area contributed by atoms with Crippen molar-refractivity contribution in [3.8, 4) is 5.75 Å². The van der Waals surface area contributed by atoms with Gasteiger partial charge in [0.2, 0.25) is 5.91 Å². The van der Waals surface area contributed by atoms with Crippen molar-refractivity contribution in [1.29, 1.82) is 0 Å². The number of rotatable bonds is 4. The number of guanidine groups is 1. The maximum atomic E-state index is 12.1. The minimum absolute atomic E-state index is 0.0118. The first-order valence-corrected chi connectivity index (χ1v) is 7.86. The number of methoxy groups -OCH3 is 1. The first kappa shape index (κ1) is 15.8. The number of amides is 1. The zero-order chi connectivity index (χ0) is 16.4. The molecule has 3 unspecified atom stereocenters. The summed E-state index contributed by atoms with van der Waals surface area (Å²) in [6.07, 6.45) is -0.213. The zero-order valence-electron chi connectivity index (χ0n) is 13.6. The van der Waals surface area contributed by atoms with Gasteiger partial charge >= 0.3 is 0 Å². The summed E-state index contributed by atoms with van der Waals surface area (Å²) in [5.74, 6) is 1.50. The molecule has 1 amide bonds. The third kappa shape index (κ3) is 3.30. The van der Waals surface area contributed by atoms with Crippen LogP contribution >= 0.6 is 0 Å². The predicted octanol–water partition coefficient (Wildman–Crippen LogP) is 0.518. The van der Waals surface area contributed by atoms with E-state index in [0.717, 1.165) is 11.3 Å². The Morgan fingerprint density at radius 2 is 2.04 bits per heavy atom. The van der Waals surface area contributed by atoms with Crippen LogP contribution in [0.4, 0.5) is 0 Å². The molecule has 7 heteroatoms. The standard InChI is InChI=1S/C16H23N5O2/c1-9(2)13(10-4-6-11(23-3)7-5-10)18-16-19-14-12(8-17-21-14)15(22)20-16/h4-7,9,12-14,17,21H,8H2,1-3H3,(H2,18,19,20,22). The number of carbonyl (C=O) groups excluding carboxylic acids is 1. The molecule has 3 atom stereocenters. The highest BCUT2D eigenvalue weighted by atomic mass is 16.5. The molecule has 2 aliphatic rings. The van der Waals surface area contributed by atoms with E-state index in [1.165, 1.54) is 0 Å². The topological polar surface area (TPSA) is 86.8 Å². The number of hydrazine groups is 1. The normalized spacial score (nSPS) is 24.7. The molecule has 0 aromatic heterocycles. The lowest BCUT2D eigenvalue weighted by Gasteiger charge is -2.29. The Kier molecular flexibility index (Phi) is 4.49.